The lowest BCUT2D eigenvalue weighted by Crippen LogP contribution is -2.26. The number of hydrogen-bond donors (Lipinski definition) is 2. The van der Waals surface area contributed by atoms with E-state index in [0.717, 1.165) is 41.9 Å². The van der Waals surface area contributed by atoms with Crippen LogP contribution < -0.4 is 5.32 Å². The Kier molecular flexibility index (Phi) is 8.30. The van der Waals surface area contributed by atoms with Crippen molar-refractivity contribution >= 4 is 41.8 Å². The highest BCUT2D eigenvalue weighted by Gasteiger charge is 2.17. The van der Waals surface area contributed by atoms with Gasteiger partial charge in [-0.05, 0) is 86.7 Å². The zero-order chi connectivity index (χ0) is 19.7. The lowest BCUT2D eigenvalue weighted by molar-refractivity contribution is 0.0782. The first-order valence-electron chi connectivity index (χ1n) is 10.0. The van der Waals surface area contributed by atoms with Gasteiger partial charge in [-0.15, -0.1) is 24.8 Å². The van der Waals surface area contributed by atoms with Gasteiger partial charge in [0.2, 0.25) is 0 Å². The largest absolute Gasteiger partial charge is 0.340 e. The van der Waals surface area contributed by atoms with E-state index in [1.165, 1.54) is 23.1 Å². The number of benzene rings is 2. The molecule has 7 heteroatoms. The molecule has 4 rings (SSSR count). The van der Waals surface area contributed by atoms with Crippen LogP contribution in [-0.2, 0) is 13.0 Å². The highest BCUT2D eigenvalue weighted by molar-refractivity contribution is 5.94. The van der Waals surface area contributed by atoms with E-state index < -0.39 is 0 Å². The number of carbonyl (C=O) groups excluding carboxylic acids is 1. The summed E-state index contributed by atoms with van der Waals surface area (Å²) in [5.74, 6) is 1.53. The molecule has 0 aliphatic carbocycles. The summed E-state index contributed by atoms with van der Waals surface area (Å²) in [4.78, 5) is 22.5. The van der Waals surface area contributed by atoms with Gasteiger partial charge >= 0.3 is 0 Å². The van der Waals surface area contributed by atoms with Crippen LogP contribution in [0.4, 0.5) is 0 Å². The molecule has 2 aromatic carbocycles. The molecule has 1 fully saturated rings. The molecule has 0 bridgehead atoms. The van der Waals surface area contributed by atoms with Crippen molar-refractivity contribution in [3.8, 4) is 0 Å². The Morgan fingerprint density at radius 3 is 2.50 bits per heavy atom. The van der Waals surface area contributed by atoms with Crippen molar-refractivity contribution in [2.75, 3.05) is 20.1 Å². The Morgan fingerprint density at radius 1 is 1.13 bits per heavy atom. The number of carbonyl (C=O) groups is 1. The maximum absolute atomic E-state index is 12.8. The molecule has 5 nitrogen and oxygen atoms in total. The molecule has 1 saturated heterocycles. The number of fused-ring (bicyclic) bond motifs is 1. The Balaban J connectivity index is 0.00000160. The van der Waals surface area contributed by atoms with E-state index in [4.69, 9.17) is 0 Å². The number of hydrogen-bond acceptors (Lipinski definition) is 3. The molecule has 1 aliphatic rings. The van der Waals surface area contributed by atoms with E-state index in [1.807, 2.05) is 19.2 Å². The summed E-state index contributed by atoms with van der Waals surface area (Å²) in [6, 6.07) is 12.3. The topological polar surface area (TPSA) is 61.0 Å². The molecule has 1 atom stereocenters. The van der Waals surface area contributed by atoms with Gasteiger partial charge in [0, 0.05) is 12.6 Å². The van der Waals surface area contributed by atoms with Crippen molar-refractivity contribution in [1.29, 1.82) is 0 Å². The standard InChI is InChI=1S/C23H28N4O.2ClH/c1-15-10-20-21(11-16(15)2)26-22(25-20)14-27(3)23(28)19-6-4-17(5-7-19)12-18-8-9-24-13-18;;/h4-7,10-11,18,24H,8-9,12-14H2,1-3H3,(H,25,26);2*1H. The fraction of sp³-hybridized carbons (Fsp3) is 0.391. The average Bonchev–Trinajstić information content (AvgIpc) is 3.31. The lowest BCUT2D eigenvalue weighted by Gasteiger charge is -2.16. The lowest BCUT2D eigenvalue weighted by atomic mass is 9.98. The number of halogens is 2. The van der Waals surface area contributed by atoms with Crippen LogP contribution in [0, 0.1) is 19.8 Å². The second-order valence-electron chi connectivity index (χ2n) is 8.06. The van der Waals surface area contributed by atoms with E-state index in [1.54, 1.807) is 4.90 Å². The molecule has 0 spiro atoms. The summed E-state index contributed by atoms with van der Waals surface area (Å²) in [6.45, 7) is 6.86. The van der Waals surface area contributed by atoms with Gasteiger partial charge in [-0.25, -0.2) is 4.98 Å². The summed E-state index contributed by atoms with van der Waals surface area (Å²) in [7, 11) is 1.82. The number of nitrogens with one attached hydrogen (secondary N) is 2. The molecule has 30 heavy (non-hydrogen) atoms. The maximum Gasteiger partial charge on any atom is 0.253 e. The zero-order valence-corrected chi connectivity index (χ0v) is 19.3. The van der Waals surface area contributed by atoms with E-state index >= 15 is 0 Å². The SMILES string of the molecule is Cc1cc2nc(CN(C)C(=O)c3ccc(CC4CCNC4)cc3)[nH]c2cc1C.Cl.Cl. The van der Waals surface area contributed by atoms with E-state index in [0.29, 0.717) is 12.5 Å². The third-order valence-electron chi connectivity index (χ3n) is 5.77. The van der Waals surface area contributed by atoms with E-state index in [-0.39, 0.29) is 30.7 Å². The number of imidazole rings is 1. The fourth-order valence-electron chi connectivity index (χ4n) is 3.92. The Morgan fingerprint density at radius 2 is 1.83 bits per heavy atom. The number of aromatic amines is 1. The van der Waals surface area contributed by atoms with Gasteiger partial charge in [-0.3, -0.25) is 4.79 Å². The van der Waals surface area contributed by atoms with Crippen molar-refractivity contribution in [3.05, 3.63) is 64.5 Å². The molecule has 1 aromatic heterocycles. The number of nitrogens with zero attached hydrogens (tertiary/aromatic N) is 2. The van der Waals surface area contributed by atoms with Crippen molar-refractivity contribution < 1.29 is 4.79 Å². The van der Waals surface area contributed by atoms with Crippen molar-refractivity contribution in [2.45, 2.75) is 33.2 Å². The summed E-state index contributed by atoms with van der Waals surface area (Å²) in [5.41, 5.74) is 6.45. The first-order valence-corrected chi connectivity index (χ1v) is 10.0. The van der Waals surface area contributed by atoms with Crippen LogP contribution in [0.3, 0.4) is 0 Å². The number of rotatable bonds is 5. The number of aromatic nitrogens is 2. The van der Waals surface area contributed by atoms with Crippen LogP contribution in [0.1, 0.15) is 39.3 Å². The first-order chi connectivity index (χ1) is 13.5. The minimum Gasteiger partial charge on any atom is -0.340 e. The molecule has 3 aromatic rings. The zero-order valence-electron chi connectivity index (χ0n) is 17.7. The average molecular weight is 449 g/mol. The fourth-order valence-corrected chi connectivity index (χ4v) is 3.92. The minimum atomic E-state index is 0. The maximum atomic E-state index is 12.8. The van der Waals surface area contributed by atoms with Crippen LogP contribution in [0.25, 0.3) is 11.0 Å². The first kappa shape index (κ1) is 24.2. The monoisotopic (exact) mass is 448 g/mol. The number of aryl methyl sites for hydroxylation is 2. The quantitative estimate of drug-likeness (QED) is 0.605. The second kappa shape index (κ2) is 10.3. The molecular weight excluding hydrogens is 419 g/mol. The van der Waals surface area contributed by atoms with Gasteiger partial charge in [-0.2, -0.15) is 0 Å². The summed E-state index contributed by atoms with van der Waals surface area (Å²) in [6.07, 6.45) is 2.31. The normalized spacial score (nSPS) is 15.5. The molecule has 2 N–H and O–H groups in total. The van der Waals surface area contributed by atoms with Crippen molar-refractivity contribution in [2.24, 2.45) is 5.92 Å². The Bertz CT molecular complexity index is 955. The molecule has 2 heterocycles. The summed E-state index contributed by atoms with van der Waals surface area (Å²) >= 11 is 0. The second-order valence-corrected chi connectivity index (χ2v) is 8.06. The van der Waals surface area contributed by atoms with Crippen molar-refractivity contribution in [3.63, 3.8) is 0 Å². The van der Waals surface area contributed by atoms with Gasteiger partial charge in [0.1, 0.15) is 5.82 Å². The van der Waals surface area contributed by atoms with Crippen LogP contribution in [-0.4, -0.2) is 40.9 Å². The van der Waals surface area contributed by atoms with Gasteiger partial charge < -0.3 is 15.2 Å². The van der Waals surface area contributed by atoms with Crippen molar-refractivity contribution in [1.82, 2.24) is 20.2 Å². The van der Waals surface area contributed by atoms with Crippen LogP contribution >= 0.6 is 24.8 Å². The van der Waals surface area contributed by atoms with Gasteiger partial charge in [-0.1, -0.05) is 12.1 Å². The third-order valence-corrected chi connectivity index (χ3v) is 5.77. The summed E-state index contributed by atoms with van der Waals surface area (Å²) in [5, 5.41) is 3.41. The predicted molar refractivity (Wildman–Crippen MR) is 127 cm³/mol. The number of H-pyrrole nitrogens is 1. The predicted octanol–water partition coefficient (Wildman–Crippen LogP) is 4.45. The molecule has 1 amide bonds. The van der Waals surface area contributed by atoms with E-state index in [9.17, 15) is 4.79 Å². The van der Waals surface area contributed by atoms with E-state index in [2.05, 4.69) is 53.4 Å². The van der Waals surface area contributed by atoms with Gasteiger partial charge in [0.05, 0.1) is 17.6 Å². The number of amides is 1. The highest BCUT2D eigenvalue weighted by atomic mass is 35.5. The van der Waals surface area contributed by atoms with Crippen LogP contribution in [0.2, 0.25) is 0 Å². The Labute approximate surface area is 190 Å². The highest BCUT2D eigenvalue weighted by Crippen LogP contribution is 2.19. The molecular formula is C23H30Cl2N4O. The smallest absolute Gasteiger partial charge is 0.253 e. The van der Waals surface area contributed by atoms with Gasteiger partial charge in [0.15, 0.2) is 0 Å². The summed E-state index contributed by atoms with van der Waals surface area (Å²) < 4.78 is 0. The van der Waals surface area contributed by atoms with Crippen LogP contribution in [0.5, 0.6) is 0 Å². The minimum absolute atomic E-state index is 0. The Hall–Kier alpha value is -2.08. The van der Waals surface area contributed by atoms with Gasteiger partial charge in [0.25, 0.3) is 5.91 Å². The molecule has 0 saturated carbocycles. The molecule has 1 aliphatic heterocycles. The molecule has 162 valence electrons. The molecule has 0 radical (unpaired) electrons. The van der Waals surface area contributed by atoms with Crippen LogP contribution in [0.15, 0.2) is 36.4 Å². The third kappa shape index (κ3) is 5.34. The molecule has 1 unspecified atom stereocenters.